The van der Waals surface area contributed by atoms with Gasteiger partial charge in [-0.25, -0.2) is 4.98 Å². The van der Waals surface area contributed by atoms with E-state index in [-0.39, 0.29) is 0 Å². The molecular formula is C12H24N4O. The second-order valence-electron chi connectivity index (χ2n) is 4.25. The molecule has 0 aliphatic heterocycles. The number of aryl methyl sites for hydroxylation is 1. The fourth-order valence-electron chi connectivity index (χ4n) is 1.79. The van der Waals surface area contributed by atoms with Crippen LogP contribution in [-0.2, 0) is 11.3 Å². The summed E-state index contributed by atoms with van der Waals surface area (Å²) in [4.78, 5) is 6.75. The summed E-state index contributed by atoms with van der Waals surface area (Å²) in [6.45, 7) is 5.62. The first-order valence-corrected chi connectivity index (χ1v) is 6.07. The smallest absolute Gasteiger partial charge is 0.205 e. The van der Waals surface area contributed by atoms with Crippen LogP contribution in [0, 0.1) is 6.92 Å². The summed E-state index contributed by atoms with van der Waals surface area (Å²) < 4.78 is 7.26. The van der Waals surface area contributed by atoms with Gasteiger partial charge in [0.2, 0.25) is 5.95 Å². The Hall–Kier alpha value is -1.07. The zero-order valence-electron chi connectivity index (χ0n) is 11.4. The third-order valence-corrected chi connectivity index (χ3v) is 2.67. The van der Waals surface area contributed by atoms with E-state index in [1.54, 1.807) is 7.11 Å². The number of nitrogens with zero attached hydrogens (tertiary/aromatic N) is 3. The van der Waals surface area contributed by atoms with Crippen molar-refractivity contribution < 1.29 is 4.74 Å². The van der Waals surface area contributed by atoms with Gasteiger partial charge in [0.1, 0.15) is 0 Å². The maximum atomic E-state index is 5.11. The van der Waals surface area contributed by atoms with Crippen molar-refractivity contribution in [2.75, 3.05) is 45.8 Å². The number of aromatic nitrogens is 2. The monoisotopic (exact) mass is 240 g/mol. The van der Waals surface area contributed by atoms with Crippen molar-refractivity contribution in [2.45, 2.75) is 19.9 Å². The number of hydrogen-bond acceptors (Lipinski definition) is 4. The summed E-state index contributed by atoms with van der Waals surface area (Å²) in [5, 5.41) is 3.15. The molecule has 1 rings (SSSR count). The third-order valence-electron chi connectivity index (χ3n) is 2.67. The normalized spacial score (nSPS) is 10.8. The summed E-state index contributed by atoms with van der Waals surface area (Å²) in [5.74, 6) is 1.02. The maximum Gasteiger partial charge on any atom is 0.205 e. The van der Waals surface area contributed by atoms with E-state index < -0.39 is 0 Å². The predicted molar refractivity (Wildman–Crippen MR) is 70.7 cm³/mol. The lowest BCUT2D eigenvalue weighted by Crippen LogP contribution is -2.25. The third kappa shape index (κ3) is 4.36. The zero-order chi connectivity index (χ0) is 12.7. The Morgan fingerprint density at radius 3 is 2.94 bits per heavy atom. The van der Waals surface area contributed by atoms with E-state index in [1.807, 2.05) is 14.0 Å². The molecule has 0 unspecified atom stereocenters. The maximum absolute atomic E-state index is 5.11. The molecule has 0 spiro atoms. The molecule has 0 aliphatic carbocycles. The van der Waals surface area contributed by atoms with Crippen molar-refractivity contribution in [1.82, 2.24) is 14.9 Å². The van der Waals surface area contributed by atoms with Crippen LogP contribution in [0.4, 0.5) is 5.95 Å². The Morgan fingerprint density at radius 1 is 1.53 bits per heavy atom. The van der Waals surface area contributed by atoms with Gasteiger partial charge >= 0.3 is 0 Å². The molecule has 0 radical (unpaired) electrons. The average molecular weight is 240 g/mol. The Bertz CT molecular complexity index is 324. The number of nitrogens with one attached hydrogen (secondary N) is 1. The first-order valence-electron chi connectivity index (χ1n) is 6.07. The Labute approximate surface area is 104 Å². The zero-order valence-corrected chi connectivity index (χ0v) is 11.4. The quantitative estimate of drug-likeness (QED) is 0.685. The van der Waals surface area contributed by atoms with Crippen LogP contribution in [0.25, 0.3) is 0 Å². The van der Waals surface area contributed by atoms with E-state index in [0.717, 1.165) is 37.7 Å². The molecular weight excluding hydrogens is 216 g/mol. The number of hydrogen-bond donors (Lipinski definition) is 1. The van der Waals surface area contributed by atoms with E-state index in [4.69, 9.17) is 4.74 Å². The summed E-state index contributed by atoms with van der Waals surface area (Å²) in [6, 6.07) is 0. The summed E-state index contributed by atoms with van der Waals surface area (Å²) in [5.41, 5.74) is 1.05. The lowest BCUT2D eigenvalue weighted by molar-refractivity contribution is 0.187. The highest BCUT2D eigenvalue weighted by atomic mass is 16.5. The first-order chi connectivity index (χ1) is 8.19. The number of ether oxygens (including phenoxy) is 1. The second-order valence-corrected chi connectivity index (χ2v) is 4.25. The standard InChI is InChI=1S/C12H24N4O/c1-11-10-16(8-9-17-4)12(14-11)15(3)7-5-6-13-2/h10,13H,5-9H2,1-4H3. The number of rotatable bonds is 8. The summed E-state index contributed by atoms with van der Waals surface area (Å²) in [6.07, 6.45) is 3.19. The largest absolute Gasteiger partial charge is 0.383 e. The van der Waals surface area contributed by atoms with Gasteiger partial charge in [0.25, 0.3) is 0 Å². The number of anilines is 1. The topological polar surface area (TPSA) is 42.3 Å². The molecule has 0 saturated carbocycles. The van der Waals surface area contributed by atoms with Crippen LogP contribution in [0.5, 0.6) is 0 Å². The Kier molecular flexibility index (Phi) is 6.00. The lowest BCUT2D eigenvalue weighted by Gasteiger charge is -2.19. The molecule has 0 amide bonds. The molecule has 0 bridgehead atoms. The van der Waals surface area contributed by atoms with Gasteiger partial charge in [-0.2, -0.15) is 0 Å². The molecule has 1 heterocycles. The van der Waals surface area contributed by atoms with Crippen LogP contribution in [-0.4, -0.2) is 50.5 Å². The van der Waals surface area contributed by atoms with Gasteiger partial charge in [-0.1, -0.05) is 0 Å². The SMILES string of the molecule is CNCCCN(C)c1nc(C)cn1CCOC. The Balaban J connectivity index is 2.60. The molecule has 1 aromatic heterocycles. The van der Waals surface area contributed by atoms with E-state index in [9.17, 15) is 0 Å². The molecule has 0 atom stereocenters. The van der Waals surface area contributed by atoms with Crippen LogP contribution in [0.15, 0.2) is 6.20 Å². The molecule has 17 heavy (non-hydrogen) atoms. The lowest BCUT2D eigenvalue weighted by atomic mass is 10.4. The minimum absolute atomic E-state index is 0.715. The van der Waals surface area contributed by atoms with Gasteiger partial charge in [0.15, 0.2) is 0 Å². The van der Waals surface area contributed by atoms with Crippen molar-refractivity contribution in [2.24, 2.45) is 0 Å². The van der Waals surface area contributed by atoms with Gasteiger partial charge < -0.3 is 19.5 Å². The van der Waals surface area contributed by atoms with Crippen molar-refractivity contribution >= 4 is 5.95 Å². The van der Waals surface area contributed by atoms with E-state index >= 15 is 0 Å². The first kappa shape index (κ1) is 14.0. The van der Waals surface area contributed by atoms with Crippen molar-refractivity contribution in [3.63, 3.8) is 0 Å². The predicted octanol–water partition coefficient (Wildman–Crippen LogP) is 0.884. The van der Waals surface area contributed by atoms with Crippen LogP contribution in [0.1, 0.15) is 12.1 Å². The second kappa shape index (κ2) is 7.29. The van der Waals surface area contributed by atoms with E-state index in [1.165, 1.54) is 0 Å². The van der Waals surface area contributed by atoms with Gasteiger partial charge in [-0.15, -0.1) is 0 Å². The molecule has 1 aromatic rings. The molecule has 0 aromatic carbocycles. The molecule has 0 aliphatic rings. The highest BCUT2D eigenvalue weighted by Crippen LogP contribution is 2.12. The molecule has 98 valence electrons. The minimum atomic E-state index is 0.715. The Morgan fingerprint density at radius 2 is 2.29 bits per heavy atom. The van der Waals surface area contributed by atoms with Crippen molar-refractivity contribution in [1.29, 1.82) is 0 Å². The van der Waals surface area contributed by atoms with Gasteiger partial charge in [0.05, 0.1) is 12.3 Å². The van der Waals surface area contributed by atoms with Crippen molar-refractivity contribution in [3.8, 4) is 0 Å². The fraction of sp³-hybridized carbons (Fsp3) is 0.750. The minimum Gasteiger partial charge on any atom is -0.383 e. The fourth-order valence-corrected chi connectivity index (χ4v) is 1.79. The highest BCUT2D eigenvalue weighted by molar-refractivity contribution is 5.32. The van der Waals surface area contributed by atoms with E-state index in [2.05, 4.69) is 33.0 Å². The molecule has 1 N–H and O–H groups in total. The molecule has 5 nitrogen and oxygen atoms in total. The van der Waals surface area contributed by atoms with Crippen LogP contribution in [0.2, 0.25) is 0 Å². The average Bonchev–Trinajstić information content (AvgIpc) is 2.68. The van der Waals surface area contributed by atoms with Gasteiger partial charge in [-0.3, -0.25) is 0 Å². The van der Waals surface area contributed by atoms with Gasteiger partial charge in [-0.05, 0) is 26.9 Å². The van der Waals surface area contributed by atoms with E-state index in [0.29, 0.717) is 6.61 Å². The molecule has 5 heteroatoms. The summed E-state index contributed by atoms with van der Waals surface area (Å²) >= 11 is 0. The van der Waals surface area contributed by atoms with Crippen LogP contribution in [0.3, 0.4) is 0 Å². The number of imidazole rings is 1. The van der Waals surface area contributed by atoms with Gasteiger partial charge in [0, 0.05) is 33.4 Å². The summed E-state index contributed by atoms with van der Waals surface area (Å²) in [7, 11) is 5.78. The van der Waals surface area contributed by atoms with Crippen LogP contribution < -0.4 is 10.2 Å². The van der Waals surface area contributed by atoms with Crippen LogP contribution >= 0.6 is 0 Å². The molecule has 0 saturated heterocycles. The molecule has 0 fully saturated rings. The highest BCUT2D eigenvalue weighted by Gasteiger charge is 2.09. The number of methoxy groups -OCH3 is 1. The van der Waals surface area contributed by atoms with Crippen molar-refractivity contribution in [3.05, 3.63) is 11.9 Å².